The molecule has 0 spiro atoms. The predicted molar refractivity (Wildman–Crippen MR) is 82.2 cm³/mol. The van der Waals surface area contributed by atoms with Gasteiger partial charge >= 0.3 is 5.97 Å². The lowest BCUT2D eigenvalue weighted by Gasteiger charge is -2.21. The average Bonchev–Trinajstić information content (AvgIpc) is 2.93. The summed E-state index contributed by atoms with van der Waals surface area (Å²) in [7, 11) is 0. The first-order valence-corrected chi connectivity index (χ1v) is 7.53. The highest BCUT2D eigenvalue weighted by Crippen LogP contribution is 2.32. The number of rotatable bonds is 5. The molecule has 0 bridgehead atoms. The van der Waals surface area contributed by atoms with E-state index in [1.165, 1.54) is 11.3 Å². The summed E-state index contributed by atoms with van der Waals surface area (Å²) < 4.78 is 4.98. The van der Waals surface area contributed by atoms with Gasteiger partial charge in [-0.15, -0.1) is 11.3 Å². The maximum Gasteiger partial charge on any atom is 0.326 e. The number of anilines is 2. The first-order chi connectivity index (χ1) is 9.61. The Balaban J connectivity index is 2.31. The molecule has 0 unspecified atom stereocenters. The SMILES string of the molecule is CCOC(=O)CN(c1ccc(Cl)c(Cl)c1)c1nccs1. The molecule has 0 aliphatic heterocycles. The van der Waals surface area contributed by atoms with Crippen molar-refractivity contribution in [2.24, 2.45) is 0 Å². The molecule has 0 aliphatic rings. The fraction of sp³-hybridized carbons (Fsp3) is 0.231. The van der Waals surface area contributed by atoms with Crippen LogP contribution < -0.4 is 4.90 Å². The van der Waals surface area contributed by atoms with Crippen molar-refractivity contribution in [3.8, 4) is 0 Å². The molecule has 0 saturated heterocycles. The van der Waals surface area contributed by atoms with E-state index in [0.29, 0.717) is 21.8 Å². The molecule has 0 N–H and O–H groups in total. The molecule has 4 nitrogen and oxygen atoms in total. The summed E-state index contributed by atoms with van der Waals surface area (Å²) in [6.07, 6.45) is 1.68. The number of aromatic nitrogens is 1. The zero-order valence-electron chi connectivity index (χ0n) is 10.7. The van der Waals surface area contributed by atoms with Crippen molar-refractivity contribution in [3.05, 3.63) is 39.8 Å². The summed E-state index contributed by atoms with van der Waals surface area (Å²) in [6, 6.07) is 5.17. The number of esters is 1. The van der Waals surface area contributed by atoms with Gasteiger partial charge in [0.05, 0.1) is 16.7 Å². The minimum atomic E-state index is -0.325. The van der Waals surface area contributed by atoms with Gasteiger partial charge < -0.3 is 9.64 Å². The molecule has 0 radical (unpaired) electrons. The van der Waals surface area contributed by atoms with Gasteiger partial charge in [0.2, 0.25) is 0 Å². The van der Waals surface area contributed by atoms with Crippen LogP contribution in [0.4, 0.5) is 10.8 Å². The molecular weight excluding hydrogens is 319 g/mol. The van der Waals surface area contributed by atoms with E-state index >= 15 is 0 Å². The quantitative estimate of drug-likeness (QED) is 0.772. The fourth-order valence-corrected chi connectivity index (χ4v) is 2.56. The van der Waals surface area contributed by atoms with Crippen LogP contribution in [-0.2, 0) is 9.53 Å². The van der Waals surface area contributed by atoms with Crippen LogP contribution in [0.15, 0.2) is 29.8 Å². The van der Waals surface area contributed by atoms with Crippen LogP contribution in [0.3, 0.4) is 0 Å². The van der Waals surface area contributed by atoms with Gasteiger partial charge in [0.25, 0.3) is 0 Å². The van der Waals surface area contributed by atoms with Gasteiger partial charge in [-0.05, 0) is 25.1 Å². The van der Waals surface area contributed by atoms with Gasteiger partial charge in [-0.3, -0.25) is 4.79 Å². The Bertz CT molecular complexity index is 590. The standard InChI is InChI=1S/C13H12Cl2N2O2S/c1-2-19-12(18)8-17(13-16-5-6-20-13)9-3-4-10(14)11(15)7-9/h3-7H,2,8H2,1H3. The molecule has 1 heterocycles. The molecule has 1 aromatic heterocycles. The summed E-state index contributed by atoms with van der Waals surface area (Å²) in [5.74, 6) is -0.325. The van der Waals surface area contributed by atoms with Crippen molar-refractivity contribution >= 4 is 51.3 Å². The van der Waals surface area contributed by atoms with Crippen molar-refractivity contribution in [2.75, 3.05) is 18.1 Å². The largest absolute Gasteiger partial charge is 0.465 e. The lowest BCUT2D eigenvalue weighted by Crippen LogP contribution is -2.26. The van der Waals surface area contributed by atoms with E-state index in [1.807, 2.05) is 5.38 Å². The number of hydrogen-bond acceptors (Lipinski definition) is 5. The third-order valence-corrected chi connectivity index (χ3v) is 3.99. The van der Waals surface area contributed by atoms with Crippen molar-refractivity contribution in [1.82, 2.24) is 4.98 Å². The monoisotopic (exact) mass is 330 g/mol. The normalized spacial score (nSPS) is 10.3. The van der Waals surface area contributed by atoms with Gasteiger partial charge in [0.1, 0.15) is 6.54 Å². The molecule has 106 valence electrons. The summed E-state index contributed by atoms with van der Waals surface area (Å²) >= 11 is 13.4. The molecule has 7 heteroatoms. The van der Waals surface area contributed by atoms with E-state index in [9.17, 15) is 4.79 Å². The number of benzene rings is 1. The lowest BCUT2D eigenvalue weighted by molar-refractivity contribution is -0.141. The molecule has 0 aliphatic carbocycles. The molecule has 0 fully saturated rings. The zero-order chi connectivity index (χ0) is 14.5. The van der Waals surface area contributed by atoms with Crippen molar-refractivity contribution in [2.45, 2.75) is 6.92 Å². The van der Waals surface area contributed by atoms with Crippen molar-refractivity contribution in [1.29, 1.82) is 0 Å². The number of nitrogens with zero attached hydrogens (tertiary/aromatic N) is 2. The molecule has 1 aromatic carbocycles. The van der Waals surface area contributed by atoms with Gasteiger partial charge in [-0.1, -0.05) is 23.2 Å². The summed E-state index contributed by atoms with van der Waals surface area (Å²) in [5.41, 5.74) is 0.738. The Morgan fingerprint density at radius 2 is 2.20 bits per heavy atom. The number of hydrogen-bond donors (Lipinski definition) is 0. The Morgan fingerprint density at radius 3 is 2.80 bits per heavy atom. The van der Waals surface area contributed by atoms with Crippen molar-refractivity contribution < 1.29 is 9.53 Å². The fourth-order valence-electron chi connectivity index (χ4n) is 1.61. The van der Waals surface area contributed by atoms with Crippen molar-refractivity contribution in [3.63, 3.8) is 0 Å². The average molecular weight is 331 g/mol. The lowest BCUT2D eigenvalue weighted by atomic mass is 10.3. The highest BCUT2D eigenvalue weighted by molar-refractivity contribution is 7.13. The number of carbonyl (C=O) groups excluding carboxylic acids is 1. The van der Waals surface area contributed by atoms with Gasteiger partial charge in [-0.2, -0.15) is 0 Å². The maximum atomic E-state index is 11.7. The van der Waals surface area contributed by atoms with Crippen LogP contribution in [-0.4, -0.2) is 24.1 Å². The molecule has 2 rings (SSSR count). The maximum absolute atomic E-state index is 11.7. The Kier molecular flexibility index (Phi) is 5.23. The molecule has 20 heavy (non-hydrogen) atoms. The van der Waals surface area contributed by atoms with E-state index in [2.05, 4.69) is 4.98 Å². The minimum absolute atomic E-state index is 0.0688. The third kappa shape index (κ3) is 3.62. The van der Waals surface area contributed by atoms with E-state index in [1.54, 1.807) is 36.2 Å². The van der Waals surface area contributed by atoms with Gasteiger partial charge in [0, 0.05) is 17.3 Å². The van der Waals surface area contributed by atoms with E-state index in [4.69, 9.17) is 27.9 Å². The van der Waals surface area contributed by atoms with Crippen LogP contribution >= 0.6 is 34.5 Å². The van der Waals surface area contributed by atoms with Crippen LogP contribution in [0, 0.1) is 0 Å². The van der Waals surface area contributed by atoms with Gasteiger partial charge in [0.15, 0.2) is 5.13 Å². The van der Waals surface area contributed by atoms with Crippen LogP contribution in [0.25, 0.3) is 0 Å². The Labute approximate surface area is 130 Å². The number of ether oxygens (including phenoxy) is 1. The van der Waals surface area contributed by atoms with Crippen LogP contribution in [0.2, 0.25) is 10.0 Å². The Hall–Kier alpha value is -1.30. The van der Waals surface area contributed by atoms with E-state index in [-0.39, 0.29) is 12.5 Å². The summed E-state index contributed by atoms with van der Waals surface area (Å²) in [6.45, 7) is 2.18. The second-order valence-corrected chi connectivity index (χ2v) is 5.49. The first-order valence-electron chi connectivity index (χ1n) is 5.89. The smallest absolute Gasteiger partial charge is 0.326 e. The van der Waals surface area contributed by atoms with E-state index in [0.717, 1.165) is 5.69 Å². The molecule has 2 aromatic rings. The molecule has 0 saturated carbocycles. The topological polar surface area (TPSA) is 42.4 Å². The number of halogens is 2. The molecular formula is C13H12Cl2N2O2S. The predicted octanol–water partition coefficient (Wildman–Crippen LogP) is 4.15. The van der Waals surface area contributed by atoms with E-state index < -0.39 is 0 Å². The summed E-state index contributed by atoms with van der Waals surface area (Å²) in [5, 5.41) is 3.42. The van der Waals surface area contributed by atoms with Crippen LogP contribution in [0.5, 0.6) is 0 Å². The van der Waals surface area contributed by atoms with Crippen LogP contribution in [0.1, 0.15) is 6.92 Å². The Morgan fingerprint density at radius 1 is 1.40 bits per heavy atom. The zero-order valence-corrected chi connectivity index (χ0v) is 13.0. The highest BCUT2D eigenvalue weighted by Gasteiger charge is 2.17. The third-order valence-electron chi connectivity index (χ3n) is 2.46. The number of thiazole rings is 1. The summed E-state index contributed by atoms with van der Waals surface area (Å²) in [4.78, 5) is 17.7. The molecule has 0 amide bonds. The number of carbonyl (C=O) groups is 1. The minimum Gasteiger partial charge on any atom is -0.465 e. The first kappa shape index (κ1) is 15.1. The van der Waals surface area contributed by atoms with Gasteiger partial charge in [-0.25, -0.2) is 4.98 Å². The second kappa shape index (κ2) is 6.92. The second-order valence-electron chi connectivity index (χ2n) is 3.80. The highest BCUT2D eigenvalue weighted by atomic mass is 35.5. The molecule has 0 atom stereocenters.